The summed E-state index contributed by atoms with van der Waals surface area (Å²) < 4.78 is 35.3. The van der Waals surface area contributed by atoms with Crippen LogP contribution in [0.4, 0.5) is 8.78 Å². The number of halogens is 2. The molecule has 3 aliphatic rings. The molecule has 3 fully saturated rings. The average Bonchev–Trinajstić information content (AvgIpc) is 3.03. The molecule has 1 atom stereocenters. The summed E-state index contributed by atoms with van der Waals surface area (Å²) in [4.78, 5) is 8.83. The van der Waals surface area contributed by atoms with Crippen LogP contribution in [0.25, 0.3) is 0 Å². The van der Waals surface area contributed by atoms with Crippen LogP contribution in [0.5, 0.6) is 0 Å². The first kappa shape index (κ1) is 17.3. The first-order chi connectivity index (χ1) is 12.1. The molecular weight excluding hydrogens is 324 g/mol. The van der Waals surface area contributed by atoms with Crippen LogP contribution in [-0.4, -0.2) is 66.1 Å². The zero-order valence-electron chi connectivity index (χ0n) is 14.7. The van der Waals surface area contributed by atoms with Gasteiger partial charge in [-0.1, -0.05) is 6.07 Å². The molecule has 4 rings (SSSR count). The Morgan fingerprint density at radius 1 is 1.12 bits per heavy atom. The van der Waals surface area contributed by atoms with Crippen molar-refractivity contribution in [3.63, 3.8) is 0 Å². The normalized spacial score (nSPS) is 31.6. The van der Waals surface area contributed by atoms with Crippen molar-refractivity contribution in [1.82, 2.24) is 14.8 Å². The van der Waals surface area contributed by atoms with Gasteiger partial charge in [0.05, 0.1) is 11.1 Å². The van der Waals surface area contributed by atoms with Crippen LogP contribution in [0.2, 0.25) is 0 Å². The third-order valence-electron chi connectivity index (χ3n) is 6.25. The molecule has 6 heteroatoms. The highest BCUT2D eigenvalue weighted by atomic mass is 19.3. The summed E-state index contributed by atoms with van der Waals surface area (Å²) in [5.74, 6) is -2.58. The van der Waals surface area contributed by atoms with Crippen molar-refractivity contribution in [2.75, 3.05) is 39.4 Å². The summed E-state index contributed by atoms with van der Waals surface area (Å²) in [6.07, 6.45) is 4.27. The molecule has 0 radical (unpaired) electrons. The molecule has 1 spiro atoms. The molecule has 0 N–H and O–H groups in total. The molecule has 0 amide bonds. The highest BCUT2D eigenvalue weighted by molar-refractivity contribution is 5.08. The van der Waals surface area contributed by atoms with Crippen molar-refractivity contribution in [1.29, 1.82) is 0 Å². The third-order valence-corrected chi connectivity index (χ3v) is 6.25. The van der Waals surface area contributed by atoms with Crippen LogP contribution in [0.1, 0.15) is 31.4 Å². The van der Waals surface area contributed by atoms with Crippen LogP contribution in [0.3, 0.4) is 0 Å². The fourth-order valence-corrected chi connectivity index (χ4v) is 4.74. The topological polar surface area (TPSA) is 28.6 Å². The van der Waals surface area contributed by atoms with E-state index in [0.717, 1.165) is 38.3 Å². The number of aromatic nitrogens is 1. The van der Waals surface area contributed by atoms with E-state index >= 15 is 0 Å². The maximum Gasteiger partial charge on any atom is 0.257 e. The number of alkyl halides is 2. The molecule has 25 heavy (non-hydrogen) atoms. The minimum Gasteiger partial charge on any atom is -0.381 e. The molecule has 1 aromatic rings. The number of hydrogen-bond acceptors (Lipinski definition) is 4. The Labute approximate surface area is 148 Å². The Morgan fingerprint density at radius 3 is 2.72 bits per heavy atom. The molecule has 0 unspecified atom stereocenters. The van der Waals surface area contributed by atoms with E-state index in [1.807, 2.05) is 18.2 Å². The van der Waals surface area contributed by atoms with E-state index in [4.69, 9.17) is 4.74 Å². The van der Waals surface area contributed by atoms with Gasteiger partial charge in [-0.3, -0.25) is 14.8 Å². The second-order valence-corrected chi connectivity index (χ2v) is 7.83. The predicted octanol–water partition coefficient (Wildman–Crippen LogP) is 2.79. The molecule has 0 aliphatic carbocycles. The zero-order valence-corrected chi connectivity index (χ0v) is 14.7. The van der Waals surface area contributed by atoms with E-state index in [2.05, 4.69) is 14.8 Å². The minimum atomic E-state index is -2.58. The second-order valence-electron chi connectivity index (χ2n) is 7.83. The van der Waals surface area contributed by atoms with Gasteiger partial charge in [-0.25, -0.2) is 8.78 Å². The van der Waals surface area contributed by atoms with Crippen molar-refractivity contribution >= 4 is 0 Å². The molecule has 0 saturated carbocycles. The third kappa shape index (κ3) is 3.44. The first-order valence-corrected chi connectivity index (χ1v) is 9.40. The van der Waals surface area contributed by atoms with Gasteiger partial charge in [0.15, 0.2) is 0 Å². The van der Waals surface area contributed by atoms with E-state index < -0.39 is 11.3 Å². The van der Waals surface area contributed by atoms with Gasteiger partial charge in [0.1, 0.15) is 0 Å². The number of hydrogen-bond donors (Lipinski definition) is 0. The lowest BCUT2D eigenvalue weighted by molar-refractivity contribution is -0.171. The van der Waals surface area contributed by atoms with Gasteiger partial charge in [0.2, 0.25) is 0 Å². The standard InChI is InChI=1S/C19H27F2N3O/c20-19(21)7-10-24(17-4-11-25-12-5-17)15-18(19)6-9-23(14-18)13-16-3-1-2-8-22-16/h1-3,8,17H,4-7,9-15H2/t18-/m0/s1. The lowest BCUT2D eigenvalue weighted by Gasteiger charge is -2.49. The van der Waals surface area contributed by atoms with Crippen LogP contribution in [0, 0.1) is 5.41 Å². The lowest BCUT2D eigenvalue weighted by atomic mass is 9.75. The SMILES string of the molecule is FC1(F)CCN(C2CCOCC2)C[C@@]12CCN(Cc1ccccn1)C2. The molecular formula is C19H27F2N3O. The Kier molecular flexibility index (Phi) is 4.77. The maximum atomic E-state index is 14.9. The lowest BCUT2D eigenvalue weighted by Crippen LogP contribution is -2.59. The first-order valence-electron chi connectivity index (χ1n) is 9.40. The van der Waals surface area contributed by atoms with Crippen LogP contribution < -0.4 is 0 Å². The van der Waals surface area contributed by atoms with Gasteiger partial charge in [-0.05, 0) is 37.9 Å². The van der Waals surface area contributed by atoms with Crippen LogP contribution in [-0.2, 0) is 11.3 Å². The van der Waals surface area contributed by atoms with E-state index in [-0.39, 0.29) is 6.42 Å². The van der Waals surface area contributed by atoms with Crippen molar-refractivity contribution in [2.45, 2.75) is 44.2 Å². The molecule has 1 aromatic heterocycles. The largest absolute Gasteiger partial charge is 0.381 e. The van der Waals surface area contributed by atoms with Crippen LogP contribution >= 0.6 is 0 Å². The van der Waals surface area contributed by atoms with Gasteiger partial charge in [-0.2, -0.15) is 0 Å². The van der Waals surface area contributed by atoms with Crippen LogP contribution in [0.15, 0.2) is 24.4 Å². The molecule has 138 valence electrons. The van der Waals surface area contributed by atoms with E-state index in [1.54, 1.807) is 6.20 Å². The summed E-state index contributed by atoms with van der Waals surface area (Å²) in [6.45, 7) is 4.41. The average molecular weight is 351 g/mol. The number of ether oxygens (including phenoxy) is 1. The number of nitrogens with zero attached hydrogens (tertiary/aromatic N) is 3. The fourth-order valence-electron chi connectivity index (χ4n) is 4.74. The smallest absolute Gasteiger partial charge is 0.257 e. The van der Waals surface area contributed by atoms with Crippen molar-refractivity contribution < 1.29 is 13.5 Å². The summed E-state index contributed by atoms with van der Waals surface area (Å²) in [5.41, 5.74) is 0.0539. The Morgan fingerprint density at radius 2 is 1.96 bits per heavy atom. The number of rotatable bonds is 3. The summed E-state index contributed by atoms with van der Waals surface area (Å²) in [7, 11) is 0. The Bertz CT molecular complexity index is 579. The summed E-state index contributed by atoms with van der Waals surface area (Å²) >= 11 is 0. The van der Waals surface area contributed by atoms with Gasteiger partial charge >= 0.3 is 0 Å². The fraction of sp³-hybridized carbons (Fsp3) is 0.737. The number of piperidine rings is 1. The van der Waals surface area contributed by atoms with Gasteiger partial charge in [0.25, 0.3) is 5.92 Å². The number of pyridine rings is 1. The Balaban J connectivity index is 1.46. The monoisotopic (exact) mass is 351 g/mol. The van der Waals surface area contributed by atoms with Gasteiger partial charge in [-0.15, -0.1) is 0 Å². The molecule has 4 heterocycles. The quantitative estimate of drug-likeness (QED) is 0.837. The number of likely N-dealkylation sites (tertiary alicyclic amines) is 2. The highest BCUT2D eigenvalue weighted by Crippen LogP contribution is 2.50. The molecule has 0 bridgehead atoms. The van der Waals surface area contributed by atoms with E-state index in [1.165, 1.54) is 0 Å². The molecule has 0 aromatic carbocycles. The van der Waals surface area contributed by atoms with Crippen molar-refractivity contribution in [3.05, 3.63) is 30.1 Å². The molecule has 3 aliphatic heterocycles. The maximum absolute atomic E-state index is 14.9. The second kappa shape index (κ2) is 6.89. The molecule has 4 nitrogen and oxygen atoms in total. The Hall–Kier alpha value is -1.11. The van der Waals surface area contributed by atoms with E-state index in [9.17, 15) is 8.78 Å². The van der Waals surface area contributed by atoms with Crippen molar-refractivity contribution in [3.8, 4) is 0 Å². The van der Waals surface area contributed by atoms with Crippen molar-refractivity contribution in [2.24, 2.45) is 5.41 Å². The predicted molar refractivity (Wildman–Crippen MR) is 91.5 cm³/mol. The molecule has 3 saturated heterocycles. The minimum absolute atomic E-state index is 0.0121. The van der Waals surface area contributed by atoms with E-state index in [0.29, 0.717) is 38.6 Å². The van der Waals surface area contributed by atoms with Gasteiger partial charge in [0, 0.05) is 58.1 Å². The summed E-state index contributed by atoms with van der Waals surface area (Å²) in [5, 5.41) is 0. The highest BCUT2D eigenvalue weighted by Gasteiger charge is 2.59. The zero-order chi connectivity index (χ0) is 17.3. The van der Waals surface area contributed by atoms with Gasteiger partial charge < -0.3 is 4.74 Å². The summed E-state index contributed by atoms with van der Waals surface area (Å²) in [6, 6.07) is 6.22.